The Morgan fingerprint density at radius 2 is 2.25 bits per heavy atom. The number of carbonyl (C=O) groups excluding carboxylic acids is 1. The topological polar surface area (TPSA) is 35.5 Å². The SMILES string of the molecule is CC(=O)C=CC1COC(C)(C)O1. The Morgan fingerprint density at radius 3 is 2.67 bits per heavy atom. The molecular formula is C9H14O3. The van der Waals surface area contributed by atoms with Gasteiger partial charge in [-0.05, 0) is 32.9 Å². The molecule has 0 spiro atoms. The first kappa shape index (κ1) is 9.42. The molecule has 0 aromatic rings. The highest BCUT2D eigenvalue weighted by molar-refractivity contribution is 5.87. The number of ether oxygens (including phenoxy) is 2. The average molecular weight is 170 g/mol. The molecule has 3 nitrogen and oxygen atoms in total. The number of hydrogen-bond donors (Lipinski definition) is 0. The fourth-order valence-electron chi connectivity index (χ4n) is 1.05. The van der Waals surface area contributed by atoms with Crippen molar-refractivity contribution >= 4 is 5.78 Å². The van der Waals surface area contributed by atoms with Gasteiger partial charge in [0.1, 0.15) is 6.10 Å². The molecule has 0 aromatic carbocycles. The third-order valence-electron chi connectivity index (χ3n) is 1.58. The van der Waals surface area contributed by atoms with E-state index in [1.54, 1.807) is 6.08 Å². The third kappa shape index (κ3) is 2.75. The van der Waals surface area contributed by atoms with Crippen LogP contribution in [-0.4, -0.2) is 24.3 Å². The monoisotopic (exact) mass is 170 g/mol. The molecule has 1 unspecified atom stereocenters. The third-order valence-corrected chi connectivity index (χ3v) is 1.58. The second-order valence-electron chi connectivity index (χ2n) is 3.34. The summed E-state index contributed by atoms with van der Waals surface area (Å²) in [6.07, 6.45) is 3.16. The Kier molecular flexibility index (Phi) is 2.65. The van der Waals surface area contributed by atoms with Gasteiger partial charge in [-0.25, -0.2) is 0 Å². The standard InChI is InChI=1S/C9H14O3/c1-7(10)4-5-8-6-11-9(2,3)12-8/h4-5,8H,6H2,1-3H3. The molecule has 1 aliphatic rings. The van der Waals surface area contributed by atoms with E-state index >= 15 is 0 Å². The van der Waals surface area contributed by atoms with Gasteiger partial charge in [-0.15, -0.1) is 0 Å². The second kappa shape index (κ2) is 3.37. The quantitative estimate of drug-likeness (QED) is 0.586. The first-order chi connectivity index (χ1) is 5.49. The molecule has 3 heteroatoms. The predicted octanol–water partition coefficient (Wildman–Crippen LogP) is 1.28. The predicted molar refractivity (Wildman–Crippen MR) is 44.7 cm³/mol. The highest BCUT2D eigenvalue weighted by Crippen LogP contribution is 2.22. The van der Waals surface area contributed by atoms with E-state index in [4.69, 9.17) is 9.47 Å². The molecule has 1 rings (SSSR count). The molecule has 1 heterocycles. The van der Waals surface area contributed by atoms with Gasteiger partial charge in [-0.1, -0.05) is 0 Å². The minimum absolute atomic E-state index is 0.0308. The van der Waals surface area contributed by atoms with E-state index in [0.29, 0.717) is 6.61 Å². The summed E-state index contributed by atoms with van der Waals surface area (Å²) >= 11 is 0. The van der Waals surface area contributed by atoms with E-state index in [-0.39, 0.29) is 11.9 Å². The van der Waals surface area contributed by atoms with Crippen molar-refractivity contribution in [2.24, 2.45) is 0 Å². The average Bonchev–Trinajstić information content (AvgIpc) is 2.26. The summed E-state index contributed by atoms with van der Waals surface area (Å²) in [6.45, 7) is 5.75. The van der Waals surface area contributed by atoms with Crippen molar-refractivity contribution in [2.75, 3.05) is 6.61 Å². The molecule has 0 aliphatic carbocycles. The first-order valence-corrected chi connectivity index (χ1v) is 4.00. The zero-order valence-corrected chi connectivity index (χ0v) is 7.66. The zero-order chi connectivity index (χ0) is 9.19. The minimum atomic E-state index is -0.508. The molecule has 1 saturated heterocycles. The molecule has 0 radical (unpaired) electrons. The Bertz CT molecular complexity index is 206. The van der Waals surface area contributed by atoms with Crippen molar-refractivity contribution in [3.8, 4) is 0 Å². The Labute approximate surface area is 72.4 Å². The molecule has 1 fully saturated rings. The van der Waals surface area contributed by atoms with E-state index in [1.165, 1.54) is 13.0 Å². The first-order valence-electron chi connectivity index (χ1n) is 4.00. The maximum atomic E-state index is 10.6. The summed E-state index contributed by atoms with van der Waals surface area (Å²) in [4.78, 5) is 10.6. The summed E-state index contributed by atoms with van der Waals surface area (Å²) in [5.74, 6) is -0.477. The van der Waals surface area contributed by atoms with E-state index in [0.717, 1.165) is 0 Å². The van der Waals surface area contributed by atoms with Crippen LogP contribution in [0.4, 0.5) is 0 Å². The van der Waals surface area contributed by atoms with Crippen LogP contribution in [-0.2, 0) is 14.3 Å². The van der Waals surface area contributed by atoms with Gasteiger partial charge in [-0.2, -0.15) is 0 Å². The Hall–Kier alpha value is -0.670. The second-order valence-corrected chi connectivity index (χ2v) is 3.34. The molecule has 0 N–H and O–H groups in total. The highest BCUT2D eigenvalue weighted by Gasteiger charge is 2.30. The van der Waals surface area contributed by atoms with Crippen molar-refractivity contribution in [3.05, 3.63) is 12.2 Å². The van der Waals surface area contributed by atoms with E-state index < -0.39 is 5.79 Å². The van der Waals surface area contributed by atoms with E-state index in [1.807, 2.05) is 13.8 Å². The number of ketones is 1. The Balaban J connectivity index is 2.43. The summed E-state index contributed by atoms with van der Waals surface area (Å²) in [6, 6.07) is 0. The van der Waals surface area contributed by atoms with Gasteiger partial charge < -0.3 is 9.47 Å². The van der Waals surface area contributed by atoms with Crippen LogP contribution in [0.15, 0.2) is 12.2 Å². The van der Waals surface area contributed by atoms with Crippen LogP contribution in [0.25, 0.3) is 0 Å². The van der Waals surface area contributed by atoms with E-state index in [9.17, 15) is 4.79 Å². The lowest BCUT2D eigenvalue weighted by molar-refractivity contribution is -0.133. The normalized spacial score (nSPS) is 28.1. The fraction of sp³-hybridized carbons (Fsp3) is 0.667. The van der Waals surface area contributed by atoms with E-state index in [2.05, 4.69) is 0 Å². The maximum absolute atomic E-state index is 10.6. The molecule has 1 aliphatic heterocycles. The van der Waals surface area contributed by atoms with Crippen molar-refractivity contribution in [2.45, 2.75) is 32.7 Å². The van der Waals surface area contributed by atoms with Crippen molar-refractivity contribution < 1.29 is 14.3 Å². The van der Waals surface area contributed by atoms with Crippen LogP contribution in [0, 0.1) is 0 Å². The smallest absolute Gasteiger partial charge is 0.163 e. The highest BCUT2D eigenvalue weighted by atomic mass is 16.7. The number of carbonyl (C=O) groups is 1. The largest absolute Gasteiger partial charge is 0.347 e. The molecular weight excluding hydrogens is 156 g/mol. The van der Waals surface area contributed by atoms with Gasteiger partial charge in [0.2, 0.25) is 0 Å². The van der Waals surface area contributed by atoms with Crippen LogP contribution in [0.5, 0.6) is 0 Å². The number of allylic oxidation sites excluding steroid dienone is 1. The molecule has 68 valence electrons. The minimum Gasteiger partial charge on any atom is -0.347 e. The summed E-state index contributed by atoms with van der Waals surface area (Å²) in [5.41, 5.74) is 0. The summed E-state index contributed by atoms with van der Waals surface area (Å²) in [5, 5.41) is 0. The molecule has 0 saturated carbocycles. The van der Waals surface area contributed by atoms with Gasteiger partial charge >= 0.3 is 0 Å². The molecule has 0 amide bonds. The van der Waals surface area contributed by atoms with Crippen LogP contribution >= 0.6 is 0 Å². The van der Waals surface area contributed by atoms with Gasteiger partial charge in [0.15, 0.2) is 11.6 Å². The van der Waals surface area contributed by atoms with Gasteiger partial charge in [0.05, 0.1) is 6.61 Å². The van der Waals surface area contributed by atoms with Crippen LogP contribution in [0.3, 0.4) is 0 Å². The van der Waals surface area contributed by atoms with Crippen molar-refractivity contribution in [3.63, 3.8) is 0 Å². The molecule has 0 bridgehead atoms. The number of hydrogen-bond acceptors (Lipinski definition) is 3. The van der Waals surface area contributed by atoms with Gasteiger partial charge in [-0.3, -0.25) is 4.79 Å². The lowest BCUT2D eigenvalue weighted by Crippen LogP contribution is -2.20. The number of rotatable bonds is 2. The zero-order valence-electron chi connectivity index (χ0n) is 7.66. The Morgan fingerprint density at radius 1 is 1.58 bits per heavy atom. The molecule has 0 aromatic heterocycles. The van der Waals surface area contributed by atoms with Crippen LogP contribution < -0.4 is 0 Å². The van der Waals surface area contributed by atoms with Gasteiger partial charge in [0, 0.05) is 0 Å². The summed E-state index contributed by atoms with van der Waals surface area (Å²) < 4.78 is 10.7. The summed E-state index contributed by atoms with van der Waals surface area (Å²) in [7, 11) is 0. The van der Waals surface area contributed by atoms with Crippen molar-refractivity contribution in [1.82, 2.24) is 0 Å². The molecule has 1 atom stereocenters. The lowest BCUT2D eigenvalue weighted by Gasteiger charge is -2.15. The lowest BCUT2D eigenvalue weighted by atomic mass is 10.3. The van der Waals surface area contributed by atoms with Gasteiger partial charge in [0.25, 0.3) is 0 Å². The van der Waals surface area contributed by atoms with Crippen LogP contribution in [0.1, 0.15) is 20.8 Å². The molecule has 12 heavy (non-hydrogen) atoms. The maximum Gasteiger partial charge on any atom is 0.163 e. The van der Waals surface area contributed by atoms with Crippen molar-refractivity contribution in [1.29, 1.82) is 0 Å². The fourth-order valence-corrected chi connectivity index (χ4v) is 1.05. The van der Waals surface area contributed by atoms with Crippen LogP contribution in [0.2, 0.25) is 0 Å².